The number of hydrogen-bond donors (Lipinski definition) is 0. The van der Waals surface area contributed by atoms with Gasteiger partial charge in [-0.15, -0.1) is 0 Å². The van der Waals surface area contributed by atoms with Crippen molar-refractivity contribution in [3.8, 4) is 5.75 Å². The first-order chi connectivity index (χ1) is 15.0. The molecule has 0 radical (unpaired) electrons. The lowest BCUT2D eigenvalue weighted by Crippen LogP contribution is -2.27. The van der Waals surface area contributed by atoms with Gasteiger partial charge in [0.25, 0.3) is 11.1 Å². The van der Waals surface area contributed by atoms with Crippen molar-refractivity contribution in [1.29, 1.82) is 0 Å². The van der Waals surface area contributed by atoms with Gasteiger partial charge in [-0.3, -0.25) is 14.5 Å². The van der Waals surface area contributed by atoms with Crippen LogP contribution in [0.2, 0.25) is 0 Å². The SMILES string of the molecule is Cc1cccc(COc2ccccc2/C=C2/SC(=O)N(Cc3cccc(Br)c3)C2=O)c1. The van der Waals surface area contributed by atoms with Gasteiger partial charge in [0.2, 0.25) is 0 Å². The fraction of sp³-hybridized carbons (Fsp3) is 0.120. The van der Waals surface area contributed by atoms with Crippen molar-refractivity contribution in [2.45, 2.75) is 20.1 Å². The molecule has 3 aromatic rings. The number of carbonyl (C=O) groups is 2. The number of nitrogens with zero attached hydrogens (tertiary/aromatic N) is 1. The molecule has 1 heterocycles. The van der Waals surface area contributed by atoms with E-state index in [0.29, 0.717) is 17.3 Å². The molecule has 0 aromatic heterocycles. The summed E-state index contributed by atoms with van der Waals surface area (Å²) in [6.45, 7) is 2.71. The molecule has 4 nitrogen and oxygen atoms in total. The highest BCUT2D eigenvalue weighted by molar-refractivity contribution is 9.10. The molecule has 3 aromatic carbocycles. The van der Waals surface area contributed by atoms with Gasteiger partial charge >= 0.3 is 0 Å². The lowest BCUT2D eigenvalue weighted by molar-refractivity contribution is -0.123. The molecule has 0 unspecified atom stereocenters. The number of rotatable bonds is 6. The molecule has 0 saturated carbocycles. The Hall–Kier alpha value is -2.83. The first-order valence-electron chi connectivity index (χ1n) is 9.77. The molecule has 1 aliphatic rings. The quantitative estimate of drug-likeness (QED) is 0.364. The van der Waals surface area contributed by atoms with Gasteiger partial charge in [0.1, 0.15) is 12.4 Å². The number of carbonyl (C=O) groups excluding carboxylic acids is 2. The predicted molar refractivity (Wildman–Crippen MR) is 128 cm³/mol. The molecular weight excluding hydrogens is 474 g/mol. The Labute approximate surface area is 194 Å². The molecule has 1 fully saturated rings. The maximum absolute atomic E-state index is 12.9. The molecule has 0 spiro atoms. The summed E-state index contributed by atoms with van der Waals surface area (Å²) < 4.78 is 6.93. The first-order valence-corrected chi connectivity index (χ1v) is 11.4. The number of ether oxygens (including phenoxy) is 1. The largest absolute Gasteiger partial charge is 0.488 e. The minimum atomic E-state index is -0.288. The van der Waals surface area contributed by atoms with Crippen molar-refractivity contribution in [3.05, 3.63) is 104 Å². The predicted octanol–water partition coefficient (Wildman–Crippen LogP) is 6.57. The zero-order valence-corrected chi connectivity index (χ0v) is 19.3. The van der Waals surface area contributed by atoms with Crippen LogP contribution in [0.3, 0.4) is 0 Å². The van der Waals surface area contributed by atoms with Crippen LogP contribution < -0.4 is 4.74 Å². The van der Waals surface area contributed by atoms with Gasteiger partial charge < -0.3 is 4.74 Å². The van der Waals surface area contributed by atoms with Crippen molar-refractivity contribution in [3.63, 3.8) is 0 Å². The lowest BCUT2D eigenvalue weighted by Gasteiger charge is -2.13. The molecule has 1 saturated heterocycles. The average molecular weight is 494 g/mol. The van der Waals surface area contributed by atoms with Crippen LogP contribution in [0, 0.1) is 6.92 Å². The Morgan fingerprint density at radius 1 is 0.968 bits per heavy atom. The second-order valence-corrected chi connectivity index (χ2v) is 9.12. The number of para-hydroxylation sites is 1. The molecule has 6 heteroatoms. The molecule has 0 atom stereocenters. The Morgan fingerprint density at radius 3 is 2.55 bits per heavy atom. The van der Waals surface area contributed by atoms with Crippen LogP contribution in [-0.4, -0.2) is 16.0 Å². The van der Waals surface area contributed by atoms with Gasteiger partial charge in [-0.05, 0) is 54.1 Å². The third-order valence-corrected chi connectivity index (χ3v) is 6.19. The summed E-state index contributed by atoms with van der Waals surface area (Å²) in [5, 5.41) is -0.269. The summed E-state index contributed by atoms with van der Waals surface area (Å²) in [7, 11) is 0. The minimum absolute atomic E-state index is 0.243. The van der Waals surface area contributed by atoms with E-state index in [2.05, 4.69) is 22.0 Å². The molecule has 4 rings (SSSR count). The van der Waals surface area contributed by atoms with Gasteiger partial charge in [0.05, 0.1) is 11.4 Å². The van der Waals surface area contributed by atoms with E-state index in [1.165, 1.54) is 10.5 Å². The molecule has 1 aliphatic heterocycles. The molecule has 0 N–H and O–H groups in total. The van der Waals surface area contributed by atoms with E-state index in [1.807, 2.05) is 73.7 Å². The molecule has 31 heavy (non-hydrogen) atoms. The van der Waals surface area contributed by atoms with Gasteiger partial charge in [0, 0.05) is 10.0 Å². The highest BCUT2D eigenvalue weighted by Crippen LogP contribution is 2.35. The highest BCUT2D eigenvalue weighted by Gasteiger charge is 2.35. The van der Waals surface area contributed by atoms with E-state index < -0.39 is 0 Å². The molecule has 156 valence electrons. The summed E-state index contributed by atoms with van der Waals surface area (Å²) in [5.74, 6) is 0.381. The molecule has 0 aliphatic carbocycles. The second-order valence-electron chi connectivity index (χ2n) is 7.21. The Bertz CT molecular complexity index is 1170. The van der Waals surface area contributed by atoms with Crippen molar-refractivity contribution < 1.29 is 14.3 Å². The van der Waals surface area contributed by atoms with Gasteiger partial charge in [-0.1, -0.05) is 76.1 Å². The van der Waals surface area contributed by atoms with E-state index in [9.17, 15) is 9.59 Å². The van der Waals surface area contributed by atoms with Crippen LogP contribution in [0.15, 0.2) is 82.2 Å². The molecular formula is C25H20BrNO3S. The Kier molecular flexibility index (Phi) is 6.59. The van der Waals surface area contributed by atoms with Crippen molar-refractivity contribution in [1.82, 2.24) is 4.90 Å². The van der Waals surface area contributed by atoms with Crippen LogP contribution >= 0.6 is 27.7 Å². The third kappa shape index (κ3) is 5.27. The maximum atomic E-state index is 12.9. The van der Waals surface area contributed by atoms with E-state index in [-0.39, 0.29) is 17.7 Å². The normalized spacial score (nSPS) is 15.0. The average Bonchev–Trinajstić information content (AvgIpc) is 3.01. The number of thioether (sulfide) groups is 1. The third-order valence-electron chi connectivity index (χ3n) is 4.79. The summed E-state index contributed by atoms with van der Waals surface area (Å²) in [6.07, 6.45) is 1.73. The van der Waals surface area contributed by atoms with E-state index >= 15 is 0 Å². The fourth-order valence-electron chi connectivity index (χ4n) is 3.29. The summed E-state index contributed by atoms with van der Waals surface area (Å²) in [4.78, 5) is 27.1. The topological polar surface area (TPSA) is 46.6 Å². The summed E-state index contributed by atoms with van der Waals surface area (Å²) in [6, 6.07) is 23.3. The van der Waals surface area contributed by atoms with Crippen LogP contribution in [0.1, 0.15) is 22.3 Å². The molecule has 2 amide bonds. The number of hydrogen-bond acceptors (Lipinski definition) is 4. The van der Waals surface area contributed by atoms with Crippen LogP contribution in [0.4, 0.5) is 4.79 Å². The highest BCUT2D eigenvalue weighted by atomic mass is 79.9. The van der Waals surface area contributed by atoms with Gasteiger partial charge in [-0.2, -0.15) is 0 Å². The lowest BCUT2D eigenvalue weighted by atomic mass is 10.1. The minimum Gasteiger partial charge on any atom is -0.488 e. The second kappa shape index (κ2) is 9.54. The van der Waals surface area contributed by atoms with Gasteiger partial charge in [-0.25, -0.2) is 0 Å². The van der Waals surface area contributed by atoms with Crippen molar-refractivity contribution in [2.24, 2.45) is 0 Å². The van der Waals surface area contributed by atoms with Gasteiger partial charge in [0.15, 0.2) is 0 Å². The number of imide groups is 1. The summed E-state index contributed by atoms with van der Waals surface area (Å²) >= 11 is 4.38. The van der Waals surface area contributed by atoms with Crippen LogP contribution in [0.5, 0.6) is 5.75 Å². The van der Waals surface area contributed by atoms with Crippen LogP contribution in [-0.2, 0) is 17.9 Å². The number of halogens is 1. The van der Waals surface area contributed by atoms with E-state index in [0.717, 1.165) is 32.9 Å². The zero-order valence-electron chi connectivity index (χ0n) is 16.9. The van der Waals surface area contributed by atoms with Crippen molar-refractivity contribution in [2.75, 3.05) is 0 Å². The first kappa shape index (κ1) is 21.4. The van der Waals surface area contributed by atoms with E-state index in [1.54, 1.807) is 6.08 Å². The molecule has 0 bridgehead atoms. The Balaban J connectivity index is 1.52. The maximum Gasteiger partial charge on any atom is 0.293 e. The standard InChI is InChI=1S/C25H20BrNO3S/c1-17-6-4-8-19(12-17)16-30-22-11-3-2-9-20(22)14-23-24(28)27(25(29)31-23)15-18-7-5-10-21(26)13-18/h2-14H,15-16H2,1H3/b23-14+. The van der Waals surface area contributed by atoms with Crippen molar-refractivity contribution >= 4 is 44.9 Å². The van der Waals surface area contributed by atoms with Crippen LogP contribution in [0.25, 0.3) is 6.08 Å². The Morgan fingerprint density at radius 2 is 1.74 bits per heavy atom. The number of benzene rings is 3. The fourth-order valence-corrected chi connectivity index (χ4v) is 4.57. The zero-order chi connectivity index (χ0) is 21.8. The number of amides is 2. The number of aryl methyl sites for hydroxylation is 1. The summed E-state index contributed by atoms with van der Waals surface area (Å²) in [5.41, 5.74) is 3.90. The monoisotopic (exact) mass is 493 g/mol. The van der Waals surface area contributed by atoms with E-state index in [4.69, 9.17) is 4.74 Å². The smallest absolute Gasteiger partial charge is 0.293 e.